The second-order valence-electron chi connectivity index (χ2n) is 4.93. The summed E-state index contributed by atoms with van der Waals surface area (Å²) in [6, 6.07) is 5.98. The number of rotatable bonds is 9. The molecular formula is C16H25NOS2. The summed E-state index contributed by atoms with van der Waals surface area (Å²) < 4.78 is 6.01. The molecule has 0 radical (unpaired) electrons. The molecule has 0 aliphatic heterocycles. The fourth-order valence-electron chi connectivity index (χ4n) is 2.15. The summed E-state index contributed by atoms with van der Waals surface area (Å²) in [5.41, 5.74) is 6.72. The van der Waals surface area contributed by atoms with Crippen LogP contribution >= 0.6 is 24.0 Å². The molecule has 1 rings (SSSR count). The first-order valence-corrected chi connectivity index (χ1v) is 8.86. The first-order chi connectivity index (χ1) is 9.63. The summed E-state index contributed by atoms with van der Waals surface area (Å²) >= 11 is 6.81. The maximum atomic E-state index is 6.01. The molecule has 1 aromatic rings. The molecule has 1 aromatic carbocycles. The van der Waals surface area contributed by atoms with E-state index in [2.05, 4.69) is 13.8 Å². The SMILES string of the molecule is CCCCC(CC)COc1cccc(SC)c1C(N)=S. The van der Waals surface area contributed by atoms with Crippen LogP contribution in [-0.4, -0.2) is 17.9 Å². The molecule has 0 heterocycles. The molecule has 2 nitrogen and oxygen atoms in total. The number of thioether (sulfide) groups is 1. The Morgan fingerprint density at radius 1 is 1.40 bits per heavy atom. The first-order valence-electron chi connectivity index (χ1n) is 7.23. The predicted molar refractivity (Wildman–Crippen MR) is 92.9 cm³/mol. The molecule has 0 aliphatic rings. The summed E-state index contributed by atoms with van der Waals surface area (Å²) in [6.45, 7) is 5.18. The van der Waals surface area contributed by atoms with Gasteiger partial charge in [0.15, 0.2) is 0 Å². The van der Waals surface area contributed by atoms with E-state index in [1.165, 1.54) is 19.3 Å². The van der Waals surface area contributed by atoms with Gasteiger partial charge in [-0.2, -0.15) is 0 Å². The fraction of sp³-hybridized carbons (Fsp3) is 0.562. The molecule has 0 saturated heterocycles. The minimum Gasteiger partial charge on any atom is -0.493 e. The number of nitrogens with two attached hydrogens (primary N) is 1. The zero-order valence-corrected chi connectivity index (χ0v) is 14.3. The van der Waals surface area contributed by atoms with E-state index >= 15 is 0 Å². The number of hydrogen-bond donors (Lipinski definition) is 1. The lowest BCUT2D eigenvalue weighted by molar-refractivity contribution is 0.232. The Balaban J connectivity index is 2.78. The van der Waals surface area contributed by atoms with Gasteiger partial charge in [-0.15, -0.1) is 11.8 Å². The topological polar surface area (TPSA) is 35.2 Å². The van der Waals surface area contributed by atoms with E-state index < -0.39 is 0 Å². The normalized spacial score (nSPS) is 12.2. The molecule has 0 amide bonds. The summed E-state index contributed by atoms with van der Waals surface area (Å²) in [5.74, 6) is 1.42. The van der Waals surface area contributed by atoms with Gasteiger partial charge in [0.1, 0.15) is 10.7 Å². The van der Waals surface area contributed by atoms with Crippen molar-refractivity contribution in [2.45, 2.75) is 44.4 Å². The van der Waals surface area contributed by atoms with Crippen molar-refractivity contribution in [2.24, 2.45) is 11.7 Å². The van der Waals surface area contributed by atoms with Crippen LogP contribution in [0.1, 0.15) is 45.1 Å². The molecule has 1 atom stereocenters. The fourth-order valence-corrected chi connectivity index (χ4v) is 3.05. The van der Waals surface area contributed by atoms with E-state index in [-0.39, 0.29) is 0 Å². The standard InChI is InChI=1S/C16H25NOS2/c1-4-6-8-12(5-2)11-18-13-9-7-10-14(20-3)15(13)16(17)19/h7,9-10,12H,4-6,8,11H2,1-3H3,(H2,17,19). The predicted octanol–water partition coefficient (Wildman–Crippen LogP) is 4.64. The van der Waals surface area contributed by atoms with Gasteiger partial charge in [0.2, 0.25) is 0 Å². The van der Waals surface area contributed by atoms with Crippen LogP contribution in [0.5, 0.6) is 5.75 Å². The lowest BCUT2D eigenvalue weighted by atomic mass is 10.0. The van der Waals surface area contributed by atoms with Crippen LogP contribution in [0.2, 0.25) is 0 Å². The van der Waals surface area contributed by atoms with E-state index in [0.717, 1.165) is 29.2 Å². The van der Waals surface area contributed by atoms with Crippen molar-refractivity contribution >= 4 is 29.0 Å². The molecule has 112 valence electrons. The maximum absolute atomic E-state index is 6.01. The van der Waals surface area contributed by atoms with Crippen molar-refractivity contribution < 1.29 is 4.74 Å². The van der Waals surface area contributed by atoms with Crippen molar-refractivity contribution in [3.8, 4) is 5.75 Å². The highest BCUT2D eigenvalue weighted by Crippen LogP contribution is 2.29. The summed E-state index contributed by atoms with van der Waals surface area (Å²) in [5, 5.41) is 0. The average Bonchev–Trinajstić information content (AvgIpc) is 2.46. The third-order valence-electron chi connectivity index (χ3n) is 3.47. The van der Waals surface area contributed by atoms with Crippen LogP contribution in [-0.2, 0) is 0 Å². The van der Waals surface area contributed by atoms with Crippen molar-refractivity contribution in [1.29, 1.82) is 0 Å². The van der Waals surface area contributed by atoms with Crippen LogP contribution in [0, 0.1) is 5.92 Å². The number of thiocarbonyl (C=S) groups is 1. The minimum absolute atomic E-state index is 0.409. The van der Waals surface area contributed by atoms with Gasteiger partial charge in [-0.05, 0) is 30.7 Å². The van der Waals surface area contributed by atoms with Crippen molar-refractivity contribution in [2.75, 3.05) is 12.9 Å². The molecular weight excluding hydrogens is 286 g/mol. The van der Waals surface area contributed by atoms with Crippen LogP contribution in [0.15, 0.2) is 23.1 Å². The molecule has 0 aromatic heterocycles. The van der Waals surface area contributed by atoms with Crippen LogP contribution < -0.4 is 10.5 Å². The van der Waals surface area contributed by atoms with Crippen LogP contribution in [0.25, 0.3) is 0 Å². The van der Waals surface area contributed by atoms with Crippen molar-refractivity contribution in [3.05, 3.63) is 23.8 Å². The van der Waals surface area contributed by atoms with Gasteiger partial charge in [-0.3, -0.25) is 0 Å². The van der Waals surface area contributed by atoms with Gasteiger partial charge < -0.3 is 10.5 Å². The Hall–Kier alpha value is -0.740. The van der Waals surface area contributed by atoms with Crippen LogP contribution in [0.4, 0.5) is 0 Å². The lowest BCUT2D eigenvalue weighted by Crippen LogP contribution is -2.16. The molecule has 2 N–H and O–H groups in total. The van der Waals surface area contributed by atoms with Crippen molar-refractivity contribution in [1.82, 2.24) is 0 Å². The molecule has 20 heavy (non-hydrogen) atoms. The third-order valence-corrected chi connectivity index (χ3v) is 4.46. The zero-order valence-electron chi connectivity index (χ0n) is 12.6. The smallest absolute Gasteiger partial charge is 0.130 e. The molecule has 0 saturated carbocycles. The molecule has 0 fully saturated rings. The van der Waals surface area contributed by atoms with E-state index in [1.54, 1.807) is 11.8 Å². The largest absolute Gasteiger partial charge is 0.493 e. The Bertz CT molecular complexity index is 434. The highest BCUT2D eigenvalue weighted by molar-refractivity contribution is 7.98. The summed E-state index contributed by atoms with van der Waals surface area (Å²) in [6.07, 6.45) is 6.88. The first kappa shape index (κ1) is 17.3. The number of hydrogen-bond acceptors (Lipinski definition) is 3. The maximum Gasteiger partial charge on any atom is 0.130 e. The monoisotopic (exact) mass is 311 g/mol. The van der Waals surface area contributed by atoms with Gasteiger partial charge in [-0.1, -0.05) is 51.4 Å². The second kappa shape index (κ2) is 9.24. The summed E-state index contributed by atoms with van der Waals surface area (Å²) in [4.78, 5) is 1.49. The quantitative estimate of drug-likeness (QED) is 0.532. The van der Waals surface area contributed by atoms with E-state index in [4.69, 9.17) is 22.7 Å². The van der Waals surface area contributed by atoms with Gasteiger partial charge in [0, 0.05) is 4.90 Å². The molecule has 0 bridgehead atoms. The lowest BCUT2D eigenvalue weighted by Gasteiger charge is -2.18. The number of unbranched alkanes of at least 4 members (excludes halogenated alkanes) is 1. The highest BCUT2D eigenvalue weighted by Gasteiger charge is 2.13. The van der Waals surface area contributed by atoms with Gasteiger partial charge in [-0.25, -0.2) is 0 Å². The average molecular weight is 312 g/mol. The number of benzene rings is 1. The van der Waals surface area contributed by atoms with Crippen LogP contribution in [0.3, 0.4) is 0 Å². The van der Waals surface area contributed by atoms with Gasteiger partial charge in [0.05, 0.1) is 12.2 Å². The molecule has 4 heteroatoms. The van der Waals surface area contributed by atoms with E-state index in [0.29, 0.717) is 10.9 Å². The Kier molecular flexibility index (Phi) is 8.00. The van der Waals surface area contributed by atoms with E-state index in [9.17, 15) is 0 Å². The highest BCUT2D eigenvalue weighted by atomic mass is 32.2. The van der Waals surface area contributed by atoms with Gasteiger partial charge >= 0.3 is 0 Å². The Labute approximate surface area is 132 Å². The Morgan fingerprint density at radius 2 is 2.15 bits per heavy atom. The zero-order chi connectivity index (χ0) is 15.0. The van der Waals surface area contributed by atoms with Gasteiger partial charge in [0.25, 0.3) is 0 Å². The Morgan fingerprint density at radius 3 is 2.70 bits per heavy atom. The van der Waals surface area contributed by atoms with E-state index in [1.807, 2.05) is 24.5 Å². The molecule has 1 unspecified atom stereocenters. The molecule has 0 spiro atoms. The third kappa shape index (κ3) is 4.98. The summed E-state index contributed by atoms with van der Waals surface area (Å²) in [7, 11) is 0. The number of ether oxygens (including phenoxy) is 1. The minimum atomic E-state index is 0.409. The second-order valence-corrected chi connectivity index (χ2v) is 6.21. The van der Waals surface area contributed by atoms with Crippen molar-refractivity contribution in [3.63, 3.8) is 0 Å². The molecule has 0 aliphatic carbocycles.